The molecular weight excluding hydrogens is 248 g/mol. The van der Waals surface area contributed by atoms with Gasteiger partial charge in [0.05, 0.1) is 0 Å². The average molecular weight is 284 g/mol. The molecule has 0 aromatic heterocycles. The highest BCUT2D eigenvalue weighted by Crippen LogP contribution is 2.19. The highest BCUT2D eigenvalue weighted by atomic mass is 16.5. The molecule has 0 fully saturated rings. The van der Waals surface area contributed by atoms with E-state index in [0.717, 1.165) is 31.6 Å². The summed E-state index contributed by atoms with van der Waals surface area (Å²) in [4.78, 5) is 11.8. The Balaban J connectivity index is 3.77. The molecular formula is C18H36O2. The average Bonchev–Trinajstić information content (AvgIpc) is 2.46. The number of esters is 1. The van der Waals surface area contributed by atoms with E-state index < -0.39 is 0 Å². The maximum atomic E-state index is 11.8. The van der Waals surface area contributed by atoms with Gasteiger partial charge in [-0.1, -0.05) is 66.2 Å². The Morgan fingerprint density at radius 2 is 1.50 bits per heavy atom. The van der Waals surface area contributed by atoms with Crippen molar-refractivity contribution in [3.05, 3.63) is 0 Å². The Morgan fingerprint density at radius 1 is 0.850 bits per heavy atom. The van der Waals surface area contributed by atoms with Crippen LogP contribution in [0.5, 0.6) is 0 Å². The quantitative estimate of drug-likeness (QED) is 0.311. The van der Waals surface area contributed by atoms with Crippen LogP contribution in [0.4, 0.5) is 0 Å². The van der Waals surface area contributed by atoms with Crippen molar-refractivity contribution < 1.29 is 9.53 Å². The smallest absolute Gasteiger partial charge is 0.306 e. The van der Waals surface area contributed by atoms with Crippen molar-refractivity contribution in [1.82, 2.24) is 0 Å². The minimum Gasteiger partial charge on any atom is -0.462 e. The van der Waals surface area contributed by atoms with E-state index in [-0.39, 0.29) is 12.1 Å². The van der Waals surface area contributed by atoms with Gasteiger partial charge in [0.25, 0.3) is 0 Å². The molecule has 120 valence electrons. The van der Waals surface area contributed by atoms with Crippen LogP contribution in [-0.2, 0) is 9.53 Å². The Morgan fingerprint density at radius 3 is 2.05 bits per heavy atom. The largest absolute Gasteiger partial charge is 0.462 e. The van der Waals surface area contributed by atoms with E-state index in [1.807, 2.05) is 0 Å². The number of unbranched alkanes of at least 4 members (excludes halogenated alkanes) is 4. The molecule has 0 aromatic carbocycles. The summed E-state index contributed by atoms with van der Waals surface area (Å²) in [6, 6.07) is 0. The monoisotopic (exact) mass is 284 g/mol. The first-order valence-electron chi connectivity index (χ1n) is 8.87. The third-order valence-corrected chi connectivity index (χ3v) is 4.29. The first-order valence-corrected chi connectivity index (χ1v) is 8.87. The number of carbonyl (C=O) groups is 1. The maximum absolute atomic E-state index is 11.8. The molecule has 1 unspecified atom stereocenters. The molecule has 0 aliphatic heterocycles. The molecule has 0 spiro atoms. The third-order valence-electron chi connectivity index (χ3n) is 4.29. The zero-order valence-corrected chi connectivity index (χ0v) is 14.2. The molecule has 0 aromatic rings. The SMILES string of the molecule is CCCCCCCC(=O)OC(CC)CCC(CC)CC. The second-order valence-corrected chi connectivity index (χ2v) is 5.94. The second-order valence-electron chi connectivity index (χ2n) is 5.94. The van der Waals surface area contributed by atoms with Crippen LogP contribution in [0.25, 0.3) is 0 Å². The van der Waals surface area contributed by atoms with Crippen LogP contribution >= 0.6 is 0 Å². The van der Waals surface area contributed by atoms with Gasteiger partial charge in [-0.15, -0.1) is 0 Å². The molecule has 0 aliphatic carbocycles. The topological polar surface area (TPSA) is 26.3 Å². The lowest BCUT2D eigenvalue weighted by Crippen LogP contribution is -2.18. The summed E-state index contributed by atoms with van der Waals surface area (Å²) in [6.45, 7) is 8.82. The van der Waals surface area contributed by atoms with E-state index in [1.165, 1.54) is 38.5 Å². The molecule has 2 nitrogen and oxygen atoms in total. The molecule has 0 heterocycles. The molecule has 0 saturated heterocycles. The van der Waals surface area contributed by atoms with Crippen molar-refractivity contribution in [3.63, 3.8) is 0 Å². The van der Waals surface area contributed by atoms with Crippen molar-refractivity contribution in [3.8, 4) is 0 Å². The molecule has 20 heavy (non-hydrogen) atoms. The third kappa shape index (κ3) is 10.3. The molecule has 0 rings (SSSR count). The van der Waals surface area contributed by atoms with Gasteiger partial charge >= 0.3 is 5.97 Å². The van der Waals surface area contributed by atoms with Gasteiger partial charge in [-0.25, -0.2) is 0 Å². The van der Waals surface area contributed by atoms with Crippen LogP contribution in [0.1, 0.15) is 98.3 Å². The van der Waals surface area contributed by atoms with Crippen LogP contribution in [0.15, 0.2) is 0 Å². The fourth-order valence-corrected chi connectivity index (χ4v) is 2.58. The van der Waals surface area contributed by atoms with Crippen molar-refractivity contribution >= 4 is 5.97 Å². The molecule has 0 N–H and O–H groups in total. The summed E-state index contributed by atoms with van der Waals surface area (Å²) in [6.07, 6.45) is 12.3. The first kappa shape index (κ1) is 19.5. The number of hydrogen-bond donors (Lipinski definition) is 0. The highest BCUT2D eigenvalue weighted by Gasteiger charge is 2.14. The fourth-order valence-electron chi connectivity index (χ4n) is 2.58. The van der Waals surface area contributed by atoms with Gasteiger partial charge in [-0.3, -0.25) is 4.79 Å². The lowest BCUT2D eigenvalue weighted by Gasteiger charge is -2.19. The van der Waals surface area contributed by atoms with E-state index in [0.29, 0.717) is 6.42 Å². The van der Waals surface area contributed by atoms with Crippen LogP contribution in [0.2, 0.25) is 0 Å². The molecule has 2 heteroatoms. The van der Waals surface area contributed by atoms with Gasteiger partial charge < -0.3 is 4.74 Å². The zero-order valence-electron chi connectivity index (χ0n) is 14.2. The summed E-state index contributed by atoms with van der Waals surface area (Å²) >= 11 is 0. The number of ether oxygens (including phenoxy) is 1. The highest BCUT2D eigenvalue weighted by molar-refractivity contribution is 5.69. The van der Waals surface area contributed by atoms with Gasteiger partial charge in [0, 0.05) is 6.42 Å². The number of rotatable bonds is 13. The molecule has 1 atom stereocenters. The van der Waals surface area contributed by atoms with Gasteiger partial charge in [-0.2, -0.15) is 0 Å². The predicted octanol–water partition coefficient (Wildman–Crippen LogP) is 5.89. The Bertz CT molecular complexity index is 221. The van der Waals surface area contributed by atoms with E-state index >= 15 is 0 Å². The lowest BCUT2D eigenvalue weighted by molar-refractivity contribution is -0.149. The van der Waals surface area contributed by atoms with Crippen molar-refractivity contribution in [2.45, 2.75) is 104 Å². The van der Waals surface area contributed by atoms with E-state index in [4.69, 9.17) is 4.74 Å². The maximum Gasteiger partial charge on any atom is 0.306 e. The normalized spacial score (nSPS) is 12.7. The number of hydrogen-bond acceptors (Lipinski definition) is 2. The summed E-state index contributed by atoms with van der Waals surface area (Å²) in [5.74, 6) is 0.801. The minimum absolute atomic E-state index is 0.0119. The van der Waals surface area contributed by atoms with Crippen molar-refractivity contribution in [2.24, 2.45) is 5.92 Å². The van der Waals surface area contributed by atoms with Gasteiger partial charge in [0.2, 0.25) is 0 Å². The zero-order chi connectivity index (χ0) is 15.2. The molecule has 0 saturated carbocycles. The van der Waals surface area contributed by atoms with E-state index in [2.05, 4.69) is 27.7 Å². The van der Waals surface area contributed by atoms with Gasteiger partial charge in [0.15, 0.2) is 0 Å². The molecule has 0 bridgehead atoms. The minimum atomic E-state index is 0.0119. The molecule has 0 aliphatic rings. The van der Waals surface area contributed by atoms with Crippen LogP contribution < -0.4 is 0 Å². The molecule has 0 radical (unpaired) electrons. The van der Waals surface area contributed by atoms with Gasteiger partial charge in [0.1, 0.15) is 6.10 Å². The Labute approximate surface area is 126 Å². The molecule has 0 amide bonds. The summed E-state index contributed by atoms with van der Waals surface area (Å²) < 4.78 is 5.61. The summed E-state index contributed by atoms with van der Waals surface area (Å²) in [5, 5.41) is 0. The summed E-state index contributed by atoms with van der Waals surface area (Å²) in [7, 11) is 0. The standard InChI is InChI=1S/C18H36O2/c1-5-9-10-11-12-13-18(19)20-17(8-4)15-14-16(6-2)7-3/h16-17H,5-15H2,1-4H3. The van der Waals surface area contributed by atoms with Crippen LogP contribution in [0.3, 0.4) is 0 Å². The first-order chi connectivity index (χ1) is 9.67. The second kappa shape index (κ2) is 13.5. The van der Waals surface area contributed by atoms with E-state index in [1.54, 1.807) is 0 Å². The van der Waals surface area contributed by atoms with Crippen molar-refractivity contribution in [2.75, 3.05) is 0 Å². The fraction of sp³-hybridized carbons (Fsp3) is 0.944. The number of carbonyl (C=O) groups excluding carboxylic acids is 1. The van der Waals surface area contributed by atoms with Crippen molar-refractivity contribution in [1.29, 1.82) is 0 Å². The van der Waals surface area contributed by atoms with E-state index in [9.17, 15) is 4.79 Å². The van der Waals surface area contributed by atoms with Crippen LogP contribution in [-0.4, -0.2) is 12.1 Å². The van der Waals surface area contributed by atoms with Gasteiger partial charge in [-0.05, 0) is 31.6 Å². The van der Waals surface area contributed by atoms with Crippen LogP contribution in [0, 0.1) is 5.92 Å². The summed E-state index contributed by atoms with van der Waals surface area (Å²) in [5.41, 5.74) is 0. The lowest BCUT2D eigenvalue weighted by atomic mass is 9.95. The predicted molar refractivity (Wildman–Crippen MR) is 86.9 cm³/mol. The Hall–Kier alpha value is -0.530. The Kier molecular flexibility index (Phi) is 13.1.